The van der Waals surface area contributed by atoms with Crippen molar-refractivity contribution in [3.63, 3.8) is 0 Å². The molecule has 0 saturated heterocycles. The fraction of sp³-hybridized carbons (Fsp3) is 0.0270. The number of benzene rings is 6. The van der Waals surface area contributed by atoms with Gasteiger partial charge in [0.15, 0.2) is 0 Å². The SMILES string of the molecule is c1ccc2c(c1)sc1ccc(-c3ccc(Cc4ccc(-c5ccc6sc7ccccc7c6c5)cc4)cc3)cc12. The highest BCUT2D eigenvalue weighted by Crippen LogP contribution is 2.37. The Morgan fingerprint density at radius 2 is 0.718 bits per heavy atom. The molecule has 0 atom stereocenters. The number of thiophene rings is 2. The van der Waals surface area contributed by atoms with Crippen molar-refractivity contribution in [2.45, 2.75) is 6.42 Å². The van der Waals surface area contributed by atoms with Crippen molar-refractivity contribution >= 4 is 63.0 Å². The molecular formula is C37H24S2. The van der Waals surface area contributed by atoms with Gasteiger partial charge in [-0.3, -0.25) is 0 Å². The summed E-state index contributed by atoms with van der Waals surface area (Å²) >= 11 is 3.74. The fourth-order valence-corrected chi connectivity index (χ4v) is 7.85. The first kappa shape index (κ1) is 22.7. The summed E-state index contributed by atoms with van der Waals surface area (Å²) in [4.78, 5) is 0. The molecule has 6 aromatic carbocycles. The molecule has 2 heterocycles. The molecule has 0 radical (unpaired) electrons. The van der Waals surface area contributed by atoms with Crippen LogP contribution in [-0.4, -0.2) is 0 Å². The van der Waals surface area contributed by atoms with Crippen molar-refractivity contribution in [1.82, 2.24) is 0 Å². The molecule has 0 aliphatic heterocycles. The molecule has 0 unspecified atom stereocenters. The van der Waals surface area contributed by atoms with Crippen LogP contribution in [0.2, 0.25) is 0 Å². The van der Waals surface area contributed by atoms with Crippen LogP contribution in [0.25, 0.3) is 62.6 Å². The van der Waals surface area contributed by atoms with E-state index in [0.717, 1.165) is 6.42 Å². The highest BCUT2D eigenvalue weighted by atomic mass is 32.1. The predicted molar refractivity (Wildman–Crippen MR) is 172 cm³/mol. The van der Waals surface area contributed by atoms with Gasteiger partial charge in [0.1, 0.15) is 0 Å². The Morgan fingerprint density at radius 1 is 0.333 bits per heavy atom. The Hall–Kier alpha value is -4.24. The zero-order valence-corrected chi connectivity index (χ0v) is 22.9. The van der Waals surface area contributed by atoms with E-state index in [-0.39, 0.29) is 0 Å². The molecular weight excluding hydrogens is 509 g/mol. The lowest BCUT2D eigenvalue weighted by atomic mass is 9.97. The molecule has 184 valence electrons. The molecule has 0 bridgehead atoms. The number of fused-ring (bicyclic) bond motifs is 6. The maximum Gasteiger partial charge on any atom is 0.0355 e. The maximum absolute atomic E-state index is 2.35. The van der Waals surface area contributed by atoms with Crippen molar-refractivity contribution in [2.24, 2.45) is 0 Å². The second kappa shape index (κ2) is 9.20. The second-order valence-corrected chi connectivity index (χ2v) is 12.4. The monoisotopic (exact) mass is 532 g/mol. The summed E-state index contributed by atoms with van der Waals surface area (Å²) < 4.78 is 5.41. The summed E-state index contributed by atoms with van der Waals surface area (Å²) in [5.41, 5.74) is 7.75. The fourth-order valence-electron chi connectivity index (χ4n) is 5.68. The quantitative estimate of drug-likeness (QED) is 0.211. The Labute approximate surface area is 235 Å². The van der Waals surface area contributed by atoms with E-state index >= 15 is 0 Å². The van der Waals surface area contributed by atoms with Crippen LogP contribution in [-0.2, 0) is 6.42 Å². The number of hydrogen-bond acceptors (Lipinski definition) is 2. The average molecular weight is 533 g/mol. The van der Waals surface area contributed by atoms with Gasteiger partial charge in [-0.2, -0.15) is 0 Å². The van der Waals surface area contributed by atoms with E-state index in [1.165, 1.54) is 73.7 Å². The Bertz CT molecular complexity index is 1970. The van der Waals surface area contributed by atoms with Crippen LogP contribution >= 0.6 is 22.7 Å². The largest absolute Gasteiger partial charge is 0.135 e. The van der Waals surface area contributed by atoms with E-state index < -0.39 is 0 Å². The van der Waals surface area contributed by atoms with Crippen LogP contribution in [0.15, 0.2) is 133 Å². The van der Waals surface area contributed by atoms with Gasteiger partial charge in [-0.05, 0) is 76.2 Å². The van der Waals surface area contributed by atoms with Crippen LogP contribution in [0.5, 0.6) is 0 Å². The first-order valence-electron chi connectivity index (χ1n) is 13.3. The standard InChI is InChI=1S/C37H24S2/c1-3-7-34-30(5-1)32-22-28(17-19-36(32)38-34)26-13-9-24(10-14-26)21-25-11-15-27(16-12-25)29-18-20-37-33(23-29)31-6-2-4-8-35(31)39-37/h1-20,22-23H,21H2. The van der Waals surface area contributed by atoms with E-state index in [2.05, 4.69) is 133 Å². The van der Waals surface area contributed by atoms with Crippen LogP contribution in [0, 0.1) is 0 Å². The van der Waals surface area contributed by atoms with Crippen LogP contribution in [0.1, 0.15) is 11.1 Å². The lowest BCUT2D eigenvalue weighted by Crippen LogP contribution is -1.89. The van der Waals surface area contributed by atoms with Gasteiger partial charge < -0.3 is 0 Å². The zero-order chi connectivity index (χ0) is 25.8. The maximum atomic E-state index is 2.35. The third-order valence-corrected chi connectivity index (χ3v) is 10.0. The number of rotatable bonds is 4. The zero-order valence-electron chi connectivity index (χ0n) is 21.2. The number of hydrogen-bond donors (Lipinski definition) is 0. The first-order valence-corrected chi connectivity index (χ1v) is 14.9. The summed E-state index contributed by atoms with van der Waals surface area (Å²) in [6, 6.07) is 49.3. The molecule has 0 nitrogen and oxygen atoms in total. The lowest BCUT2D eigenvalue weighted by molar-refractivity contribution is 1.19. The molecule has 0 fully saturated rings. The first-order chi connectivity index (χ1) is 19.3. The lowest BCUT2D eigenvalue weighted by Gasteiger charge is -2.07. The summed E-state index contributed by atoms with van der Waals surface area (Å²) in [5, 5.41) is 5.40. The van der Waals surface area contributed by atoms with E-state index in [4.69, 9.17) is 0 Å². The highest BCUT2D eigenvalue weighted by Gasteiger charge is 2.09. The minimum Gasteiger partial charge on any atom is -0.135 e. The van der Waals surface area contributed by atoms with Gasteiger partial charge in [0, 0.05) is 40.3 Å². The molecule has 2 heteroatoms. The molecule has 0 aliphatic rings. The summed E-state index contributed by atoms with van der Waals surface area (Å²) in [7, 11) is 0. The van der Waals surface area contributed by atoms with Crippen molar-refractivity contribution in [2.75, 3.05) is 0 Å². The second-order valence-electron chi connectivity index (χ2n) is 10.2. The van der Waals surface area contributed by atoms with Crippen LogP contribution in [0.4, 0.5) is 0 Å². The molecule has 0 N–H and O–H groups in total. The van der Waals surface area contributed by atoms with E-state index in [9.17, 15) is 0 Å². The molecule has 8 aromatic rings. The van der Waals surface area contributed by atoms with Crippen molar-refractivity contribution < 1.29 is 0 Å². The van der Waals surface area contributed by atoms with Crippen molar-refractivity contribution in [3.8, 4) is 22.3 Å². The minimum atomic E-state index is 0.933. The molecule has 0 spiro atoms. The van der Waals surface area contributed by atoms with Gasteiger partial charge in [-0.15, -0.1) is 22.7 Å². The van der Waals surface area contributed by atoms with Gasteiger partial charge in [0.25, 0.3) is 0 Å². The average Bonchev–Trinajstić information content (AvgIpc) is 3.55. The van der Waals surface area contributed by atoms with E-state index in [0.29, 0.717) is 0 Å². The molecule has 8 rings (SSSR count). The predicted octanol–water partition coefficient (Wildman–Crippen LogP) is 11.3. The van der Waals surface area contributed by atoms with Crippen LogP contribution < -0.4 is 0 Å². The van der Waals surface area contributed by atoms with Gasteiger partial charge in [0.05, 0.1) is 0 Å². The Balaban J connectivity index is 1.03. The molecule has 0 aliphatic carbocycles. The van der Waals surface area contributed by atoms with Gasteiger partial charge in [-0.1, -0.05) is 97.1 Å². The minimum absolute atomic E-state index is 0.933. The van der Waals surface area contributed by atoms with Crippen molar-refractivity contribution in [1.29, 1.82) is 0 Å². The normalized spacial score (nSPS) is 11.7. The molecule has 2 aromatic heterocycles. The van der Waals surface area contributed by atoms with E-state index in [1.54, 1.807) is 0 Å². The van der Waals surface area contributed by atoms with Crippen molar-refractivity contribution in [3.05, 3.63) is 145 Å². The van der Waals surface area contributed by atoms with Crippen LogP contribution in [0.3, 0.4) is 0 Å². The van der Waals surface area contributed by atoms with Gasteiger partial charge in [-0.25, -0.2) is 0 Å². The summed E-state index contributed by atoms with van der Waals surface area (Å²) in [6.45, 7) is 0. The third kappa shape index (κ3) is 4.04. The molecule has 0 amide bonds. The van der Waals surface area contributed by atoms with E-state index in [1.807, 2.05) is 22.7 Å². The van der Waals surface area contributed by atoms with Gasteiger partial charge in [0.2, 0.25) is 0 Å². The molecule has 0 saturated carbocycles. The molecule has 39 heavy (non-hydrogen) atoms. The van der Waals surface area contributed by atoms with Gasteiger partial charge >= 0.3 is 0 Å². The smallest absolute Gasteiger partial charge is 0.0355 e. The third-order valence-electron chi connectivity index (χ3n) is 7.74. The Kier molecular flexibility index (Phi) is 5.36. The summed E-state index contributed by atoms with van der Waals surface area (Å²) in [6.07, 6.45) is 0.933. The summed E-state index contributed by atoms with van der Waals surface area (Å²) in [5.74, 6) is 0. The highest BCUT2D eigenvalue weighted by molar-refractivity contribution is 7.26. The Morgan fingerprint density at radius 3 is 1.18 bits per heavy atom. The topological polar surface area (TPSA) is 0 Å².